The zero-order chi connectivity index (χ0) is 23.4. The fourth-order valence-electron chi connectivity index (χ4n) is 3.74. The molecule has 0 saturated carbocycles. The molecular weight excluding hydrogens is 421 g/mol. The van der Waals surface area contributed by atoms with Crippen LogP contribution >= 0.6 is 0 Å². The molecule has 2 aromatic carbocycles. The second kappa shape index (κ2) is 9.77. The van der Waals surface area contributed by atoms with E-state index in [0.29, 0.717) is 30.0 Å². The van der Waals surface area contributed by atoms with Gasteiger partial charge in [0.05, 0.1) is 17.8 Å². The van der Waals surface area contributed by atoms with Crippen molar-refractivity contribution in [1.29, 1.82) is 0 Å². The summed E-state index contributed by atoms with van der Waals surface area (Å²) in [4.78, 5) is 21.7. The number of fused-ring (bicyclic) bond motifs is 1. The van der Waals surface area contributed by atoms with E-state index in [2.05, 4.69) is 25.8 Å². The van der Waals surface area contributed by atoms with Gasteiger partial charge in [-0.15, -0.1) is 0 Å². The topological polar surface area (TPSA) is 92.9 Å². The third-order valence-electron chi connectivity index (χ3n) is 5.61. The summed E-state index contributed by atoms with van der Waals surface area (Å²) in [5.41, 5.74) is 4.10. The molecule has 1 amide bonds. The van der Waals surface area contributed by atoms with Crippen molar-refractivity contribution >= 4 is 22.6 Å². The lowest BCUT2D eigenvalue weighted by molar-refractivity contribution is -0.121. The van der Waals surface area contributed by atoms with E-state index < -0.39 is 0 Å². The number of carbonyl (C=O) groups excluding carboxylic acids is 1. The summed E-state index contributed by atoms with van der Waals surface area (Å²) in [5, 5.41) is 10.9. The Morgan fingerprint density at radius 2 is 1.85 bits per heavy atom. The lowest BCUT2D eigenvalue weighted by Crippen LogP contribution is -2.24. The molecule has 4 aromatic rings. The molecule has 0 radical (unpaired) electrons. The summed E-state index contributed by atoms with van der Waals surface area (Å²) in [5.74, 6) is 1.44. The summed E-state index contributed by atoms with van der Waals surface area (Å²) in [6.07, 6.45) is 0.869. The number of aryl methyl sites for hydroxylation is 3. The maximum atomic E-state index is 14.1. The molecule has 7 nitrogen and oxygen atoms in total. The first kappa shape index (κ1) is 22.4. The van der Waals surface area contributed by atoms with Gasteiger partial charge in [-0.1, -0.05) is 35.5 Å². The Labute approximate surface area is 191 Å². The number of para-hydroxylation sites is 1. The number of nitrogens with one attached hydrogen (secondary N) is 2. The third-order valence-corrected chi connectivity index (χ3v) is 5.61. The predicted molar refractivity (Wildman–Crippen MR) is 124 cm³/mol. The quantitative estimate of drug-likeness (QED) is 0.412. The van der Waals surface area contributed by atoms with Gasteiger partial charge in [0.1, 0.15) is 17.4 Å². The molecule has 0 unspecified atom stereocenters. The maximum absolute atomic E-state index is 14.1. The van der Waals surface area contributed by atoms with Crippen molar-refractivity contribution in [2.75, 3.05) is 5.32 Å². The van der Waals surface area contributed by atoms with Crippen molar-refractivity contribution in [1.82, 2.24) is 20.4 Å². The second-order valence-corrected chi connectivity index (χ2v) is 7.98. The van der Waals surface area contributed by atoms with Crippen molar-refractivity contribution in [3.8, 4) is 0 Å². The molecule has 0 spiro atoms. The van der Waals surface area contributed by atoms with Crippen LogP contribution in [0.25, 0.3) is 10.9 Å². The molecule has 33 heavy (non-hydrogen) atoms. The SMILES string of the molecule is Cc1noc(C)c1CCC(=O)NCc1nc(NCc2ccccc2F)c2cccc(C)c2n1. The lowest BCUT2D eigenvalue weighted by atomic mass is 10.1. The van der Waals surface area contributed by atoms with Gasteiger partial charge >= 0.3 is 0 Å². The van der Waals surface area contributed by atoms with Crippen molar-refractivity contribution in [2.45, 2.75) is 46.7 Å². The minimum absolute atomic E-state index is 0.107. The Balaban J connectivity index is 1.48. The van der Waals surface area contributed by atoms with Gasteiger partial charge in [0.15, 0.2) is 5.82 Å². The maximum Gasteiger partial charge on any atom is 0.220 e. The molecule has 0 bridgehead atoms. The Morgan fingerprint density at radius 1 is 1.03 bits per heavy atom. The molecule has 0 aliphatic heterocycles. The van der Waals surface area contributed by atoms with Gasteiger partial charge in [-0.25, -0.2) is 14.4 Å². The average Bonchev–Trinajstić information content (AvgIpc) is 3.13. The smallest absolute Gasteiger partial charge is 0.220 e. The summed E-state index contributed by atoms with van der Waals surface area (Å²) in [6.45, 7) is 6.16. The largest absolute Gasteiger partial charge is 0.365 e. The molecule has 4 rings (SSSR count). The van der Waals surface area contributed by atoms with Crippen LogP contribution in [-0.2, 0) is 24.3 Å². The molecule has 2 aromatic heterocycles. The summed E-state index contributed by atoms with van der Waals surface area (Å²) >= 11 is 0. The van der Waals surface area contributed by atoms with Crippen molar-refractivity contribution in [3.63, 3.8) is 0 Å². The Bertz CT molecular complexity index is 1280. The van der Waals surface area contributed by atoms with E-state index in [1.165, 1.54) is 6.07 Å². The van der Waals surface area contributed by atoms with Crippen molar-refractivity contribution in [2.24, 2.45) is 0 Å². The van der Waals surface area contributed by atoms with E-state index in [9.17, 15) is 9.18 Å². The van der Waals surface area contributed by atoms with Crippen LogP contribution in [0.1, 0.15) is 40.4 Å². The van der Waals surface area contributed by atoms with Gasteiger partial charge in [0.25, 0.3) is 0 Å². The molecule has 170 valence electrons. The van der Waals surface area contributed by atoms with E-state index >= 15 is 0 Å². The molecule has 0 atom stereocenters. The van der Waals surface area contributed by atoms with Crippen molar-refractivity contribution < 1.29 is 13.7 Å². The van der Waals surface area contributed by atoms with Gasteiger partial charge < -0.3 is 15.2 Å². The number of nitrogens with zero attached hydrogens (tertiary/aromatic N) is 3. The summed E-state index contributed by atoms with van der Waals surface area (Å²) in [6, 6.07) is 12.5. The minimum Gasteiger partial charge on any atom is -0.365 e. The molecule has 0 saturated heterocycles. The molecule has 0 fully saturated rings. The molecule has 2 heterocycles. The highest BCUT2D eigenvalue weighted by atomic mass is 19.1. The molecule has 8 heteroatoms. The number of carbonyl (C=O) groups is 1. The fraction of sp³-hybridized carbons (Fsp3) is 0.280. The lowest BCUT2D eigenvalue weighted by Gasteiger charge is -2.13. The number of aromatic nitrogens is 3. The summed E-state index contributed by atoms with van der Waals surface area (Å²) < 4.78 is 19.2. The number of hydrogen-bond acceptors (Lipinski definition) is 6. The predicted octanol–water partition coefficient (Wildman–Crippen LogP) is 4.54. The molecule has 0 aliphatic carbocycles. The first-order valence-corrected chi connectivity index (χ1v) is 10.8. The number of amides is 1. The zero-order valence-electron chi connectivity index (χ0n) is 18.9. The van der Waals surface area contributed by atoms with Crippen LogP contribution < -0.4 is 10.6 Å². The van der Waals surface area contributed by atoms with Crippen LogP contribution in [0.4, 0.5) is 10.2 Å². The van der Waals surface area contributed by atoms with Gasteiger partial charge in [-0.05, 0) is 44.9 Å². The van der Waals surface area contributed by atoms with E-state index in [0.717, 1.165) is 33.5 Å². The van der Waals surface area contributed by atoms with E-state index in [-0.39, 0.29) is 24.8 Å². The fourth-order valence-corrected chi connectivity index (χ4v) is 3.74. The van der Waals surface area contributed by atoms with Crippen LogP contribution in [0.2, 0.25) is 0 Å². The van der Waals surface area contributed by atoms with E-state index in [4.69, 9.17) is 4.52 Å². The Hall–Kier alpha value is -3.81. The standard InChI is InChI=1S/C25H26FN5O2/c1-15-7-6-9-20-24(15)29-22(30-25(20)28-13-18-8-4-5-10-21(18)26)14-27-23(32)12-11-19-16(2)31-33-17(19)3/h4-10H,11-14H2,1-3H3,(H,27,32)(H,28,29,30). The van der Waals surface area contributed by atoms with E-state index in [1.54, 1.807) is 18.2 Å². The number of halogens is 1. The Morgan fingerprint density at radius 3 is 2.61 bits per heavy atom. The van der Waals surface area contributed by atoms with Gasteiger partial charge in [0, 0.05) is 29.5 Å². The number of benzene rings is 2. The van der Waals surface area contributed by atoms with Crippen LogP contribution in [-0.4, -0.2) is 21.0 Å². The van der Waals surface area contributed by atoms with Crippen LogP contribution in [0.5, 0.6) is 0 Å². The number of hydrogen-bond donors (Lipinski definition) is 2. The van der Waals surface area contributed by atoms with Crippen molar-refractivity contribution in [3.05, 3.63) is 82.3 Å². The van der Waals surface area contributed by atoms with Crippen LogP contribution in [0.3, 0.4) is 0 Å². The highest BCUT2D eigenvalue weighted by molar-refractivity contribution is 5.91. The normalized spacial score (nSPS) is 11.0. The number of rotatable bonds is 8. The van der Waals surface area contributed by atoms with Gasteiger partial charge in [-0.3, -0.25) is 4.79 Å². The Kier molecular flexibility index (Phi) is 6.63. The van der Waals surface area contributed by atoms with Crippen LogP contribution in [0, 0.1) is 26.6 Å². The highest BCUT2D eigenvalue weighted by Gasteiger charge is 2.13. The molecule has 0 aliphatic rings. The highest BCUT2D eigenvalue weighted by Crippen LogP contribution is 2.24. The monoisotopic (exact) mass is 447 g/mol. The minimum atomic E-state index is -0.273. The average molecular weight is 448 g/mol. The first-order valence-electron chi connectivity index (χ1n) is 10.8. The molecule has 2 N–H and O–H groups in total. The summed E-state index contributed by atoms with van der Waals surface area (Å²) in [7, 11) is 0. The first-order chi connectivity index (χ1) is 15.9. The third kappa shape index (κ3) is 5.16. The van der Waals surface area contributed by atoms with E-state index in [1.807, 2.05) is 39.0 Å². The van der Waals surface area contributed by atoms with Gasteiger partial charge in [-0.2, -0.15) is 0 Å². The second-order valence-electron chi connectivity index (χ2n) is 7.98. The van der Waals surface area contributed by atoms with Gasteiger partial charge in [0.2, 0.25) is 5.91 Å². The van der Waals surface area contributed by atoms with Crippen LogP contribution in [0.15, 0.2) is 47.0 Å². The number of anilines is 1. The molecular formula is C25H26FN5O2. The zero-order valence-corrected chi connectivity index (χ0v) is 18.9.